The topological polar surface area (TPSA) is 136 Å². The Morgan fingerprint density at radius 3 is 1.67 bits per heavy atom. The molecule has 13 nitrogen and oxygen atoms in total. The predicted molar refractivity (Wildman–Crippen MR) is 183 cm³/mol. The number of rotatable bonds is 14. The van der Waals surface area contributed by atoms with Crippen molar-refractivity contribution in [1.29, 1.82) is 0 Å². The monoisotopic (exact) mass is 669 g/mol. The molecule has 0 radical (unpaired) electrons. The number of anilines is 1. The van der Waals surface area contributed by atoms with E-state index in [2.05, 4.69) is 11.9 Å². The fraction of sp³-hybridized carbons (Fsp3) is 0.306. The Kier molecular flexibility index (Phi) is 10.8. The van der Waals surface area contributed by atoms with Gasteiger partial charge in [-0.15, -0.1) is 0 Å². The lowest BCUT2D eigenvalue weighted by Crippen LogP contribution is -2.38. The number of hydrogen-bond donors (Lipinski definition) is 0. The summed E-state index contributed by atoms with van der Waals surface area (Å²) in [4.78, 5) is 44.8. The molecular formula is C36H39N5O8. The minimum atomic E-state index is -0.725. The minimum absolute atomic E-state index is 0.0143. The summed E-state index contributed by atoms with van der Waals surface area (Å²) in [5, 5.41) is 0. The molecule has 3 aromatic carbocycles. The predicted octanol–water partition coefficient (Wildman–Crippen LogP) is 5.76. The van der Waals surface area contributed by atoms with E-state index in [0.717, 1.165) is 23.3 Å². The summed E-state index contributed by atoms with van der Waals surface area (Å²) in [6, 6.07) is 15.8. The first-order valence-electron chi connectivity index (χ1n) is 15.6. The minimum Gasteiger partial charge on any atom is -0.493 e. The number of aromatic nitrogens is 4. The number of carbonyl (C=O) groups excluding carboxylic acids is 2. The number of carbonyl (C=O) groups is 2. The SMILES string of the molecule is CCCCc1nc(N(C(=O)c2cc(OC)c(OC)c(OC)c2)C(=O)c2cc(OC)c(OC)c(OC)c2)c2ncn(Cc3ccccc3)c2n1. The van der Waals surface area contributed by atoms with Crippen LogP contribution in [-0.2, 0) is 13.0 Å². The molecule has 0 saturated carbocycles. The lowest BCUT2D eigenvalue weighted by atomic mass is 10.1. The normalized spacial score (nSPS) is 10.8. The first-order chi connectivity index (χ1) is 23.8. The van der Waals surface area contributed by atoms with Gasteiger partial charge >= 0.3 is 0 Å². The van der Waals surface area contributed by atoms with E-state index in [0.29, 0.717) is 24.4 Å². The van der Waals surface area contributed by atoms with Gasteiger partial charge in [0.05, 0.1) is 55.5 Å². The molecule has 0 saturated heterocycles. The molecule has 0 bridgehead atoms. The van der Waals surface area contributed by atoms with E-state index in [1.165, 1.54) is 66.9 Å². The number of aryl methyl sites for hydroxylation is 1. The van der Waals surface area contributed by atoms with E-state index in [1.807, 2.05) is 34.9 Å². The number of methoxy groups -OCH3 is 6. The molecule has 0 spiro atoms. The van der Waals surface area contributed by atoms with Gasteiger partial charge in [0.2, 0.25) is 11.5 Å². The smallest absolute Gasteiger partial charge is 0.266 e. The van der Waals surface area contributed by atoms with Crippen molar-refractivity contribution in [3.63, 3.8) is 0 Å². The summed E-state index contributed by atoms with van der Waals surface area (Å²) in [6.45, 7) is 2.52. The van der Waals surface area contributed by atoms with Crippen LogP contribution >= 0.6 is 0 Å². The van der Waals surface area contributed by atoms with Gasteiger partial charge in [0.25, 0.3) is 11.8 Å². The van der Waals surface area contributed by atoms with Crippen LogP contribution in [0.15, 0.2) is 60.9 Å². The van der Waals surface area contributed by atoms with E-state index in [-0.39, 0.29) is 57.0 Å². The number of ether oxygens (including phenoxy) is 6. The third-order valence-corrected chi connectivity index (χ3v) is 7.88. The van der Waals surface area contributed by atoms with Gasteiger partial charge in [-0.3, -0.25) is 9.59 Å². The summed E-state index contributed by atoms with van der Waals surface area (Å²) >= 11 is 0. The highest BCUT2D eigenvalue weighted by Gasteiger charge is 2.33. The van der Waals surface area contributed by atoms with Crippen molar-refractivity contribution in [2.45, 2.75) is 32.7 Å². The molecule has 0 N–H and O–H groups in total. The number of unbranched alkanes of at least 4 members (excludes halogenated alkanes) is 1. The molecule has 2 amide bonds. The van der Waals surface area contributed by atoms with E-state index >= 15 is 0 Å². The number of imidazole rings is 1. The maximum absolute atomic E-state index is 14.8. The van der Waals surface area contributed by atoms with E-state index < -0.39 is 11.8 Å². The Morgan fingerprint density at radius 2 is 1.22 bits per heavy atom. The number of nitrogens with zero attached hydrogens (tertiary/aromatic N) is 5. The Labute approximate surface area is 284 Å². The molecule has 0 atom stereocenters. The van der Waals surface area contributed by atoms with Gasteiger partial charge in [0, 0.05) is 17.5 Å². The molecule has 0 unspecified atom stereocenters. The molecule has 49 heavy (non-hydrogen) atoms. The first-order valence-corrected chi connectivity index (χ1v) is 15.6. The lowest BCUT2D eigenvalue weighted by Gasteiger charge is -2.23. The van der Waals surface area contributed by atoms with Crippen LogP contribution in [0.25, 0.3) is 11.2 Å². The second-order valence-electron chi connectivity index (χ2n) is 10.9. The number of benzene rings is 3. The quantitative estimate of drug-likeness (QED) is 0.134. The standard InChI is InChI=1S/C36H39N5O8/c1-8-9-15-29-38-33-30(37-21-40(33)20-22-13-11-10-12-14-22)34(39-29)41(35(42)23-16-25(44-2)31(48-6)26(17-23)45-3)36(43)24-18-27(46-4)32(49-7)28(19-24)47-5/h10-14,16-19,21H,8-9,15,20H2,1-7H3. The van der Waals surface area contributed by atoms with Crippen LogP contribution in [0.4, 0.5) is 5.82 Å². The number of imide groups is 1. The van der Waals surface area contributed by atoms with Crippen LogP contribution in [0, 0.1) is 0 Å². The zero-order valence-corrected chi connectivity index (χ0v) is 28.6. The molecule has 13 heteroatoms. The van der Waals surface area contributed by atoms with Gasteiger partial charge in [-0.1, -0.05) is 43.7 Å². The van der Waals surface area contributed by atoms with Crippen LogP contribution < -0.4 is 33.3 Å². The van der Waals surface area contributed by atoms with Gasteiger partial charge < -0.3 is 33.0 Å². The Bertz CT molecular complexity index is 1830. The van der Waals surface area contributed by atoms with Crippen LogP contribution in [-0.4, -0.2) is 74.0 Å². The third kappa shape index (κ3) is 6.91. The Morgan fingerprint density at radius 1 is 0.714 bits per heavy atom. The largest absolute Gasteiger partial charge is 0.493 e. The summed E-state index contributed by atoms with van der Waals surface area (Å²) < 4.78 is 34.9. The average molecular weight is 670 g/mol. The summed E-state index contributed by atoms with van der Waals surface area (Å²) in [6.07, 6.45) is 3.82. The van der Waals surface area contributed by atoms with Crippen LogP contribution in [0.1, 0.15) is 51.9 Å². The van der Waals surface area contributed by atoms with Gasteiger partial charge in [-0.25, -0.2) is 19.9 Å². The zero-order chi connectivity index (χ0) is 35.1. The molecule has 5 rings (SSSR count). The van der Waals surface area contributed by atoms with Gasteiger partial charge in [0.15, 0.2) is 40.0 Å². The molecule has 5 aromatic rings. The molecule has 0 fully saturated rings. The van der Waals surface area contributed by atoms with Crippen molar-refractivity contribution in [1.82, 2.24) is 19.5 Å². The van der Waals surface area contributed by atoms with E-state index in [4.69, 9.17) is 38.4 Å². The molecular weight excluding hydrogens is 630 g/mol. The first kappa shape index (κ1) is 34.5. The molecule has 2 heterocycles. The van der Waals surface area contributed by atoms with Crippen molar-refractivity contribution >= 4 is 28.8 Å². The second-order valence-corrected chi connectivity index (χ2v) is 10.9. The third-order valence-electron chi connectivity index (χ3n) is 7.88. The molecule has 256 valence electrons. The van der Waals surface area contributed by atoms with Crippen molar-refractivity contribution < 1.29 is 38.0 Å². The Hall–Kier alpha value is -5.85. The summed E-state index contributed by atoms with van der Waals surface area (Å²) in [7, 11) is 8.69. The van der Waals surface area contributed by atoms with Gasteiger partial charge in [-0.2, -0.15) is 0 Å². The van der Waals surface area contributed by atoms with Crippen molar-refractivity contribution in [3.05, 3.63) is 83.4 Å². The highest BCUT2D eigenvalue weighted by molar-refractivity contribution is 6.27. The van der Waals surface area contributed by atoms with Crippen molar-refractivity contribution in [2.75, 3.05) is 47.6 Å². The van der Waals surface area contributed by atoms with Gasteiger partial charge in [0.1, 0.15) is 5.82 Å². The molecule has 0 aliphatic carbocycles. The molecule has 0 aliphatic heterocycles. The lowest BCUT2D eigenvalue weighted by molar-refractivity contribution is 0.0895. The maximum Gasteiger partial charge on any atom is 0.266 e. The fourth-order valence-electron chi connectivity index (χ4n) is 5.42. The van der Waals surface area contributed by atoms with Gasteiger partial charge in [-0.05, 0) is 36.2 Å². The number of amides is 2. The number of hydrogen-bond acceptors (Lipinski definition) is 11. The second kappa shape index (κ2) is 15.4. The highest BCUT2D eigenvalue weighted by atomic mass is 16.5. The summed E-state index contributed by atoms with van der Waals surface area (Å²) in [5.74, 6) is 0.519. The average Bonchev–Trinajstić information content (AvgIpc) is 3.54. The Balaban J connectivity index is 1.78. The summed E-state index contributed by atoms with van der Waals surface area (Å²) in [5.41, 5.74) is 1.90. The maximum atomic E-state index is 14.8. The number of fused-ring (bicyclic) bond motifs is 1. The molecule has 0 aliphatic rings. The van der Waals surface area contributed by atoms with Crippen molar-refractivity contribution in [2.24, 2.45) is 0 Å². The molecule has 2 aromatic heterocycles. The van der Waals surface area contributed by atoms with E-state index in [9.17, 15) is 9.59 Å². The van der Waals surface area contributed by atoms with E-state index in [1.54, 1.807) is 6.33 Å². The zero-order valence-electron chi connectivity index (χ0n) is 28.6. The van der Waals surface area contributed by atoms with Crippen molar-refractivity contribution in [3.8, 4) is 34.5 Å². The van der Waals surface area contributed by atoms with Crippen LogP contribution in [0.5, 0.6) is 34.5 Å². The fourth-order valence-corrected chi connectivity index (χ4v) is 5.42. The van der Waals surface area contributed by atoms with Crippen LogP contribution in [0.2, 0.25) is 0 Å². The highest BCUT2D eigenvalue weighted by Crippen LogP contribution is 2.41. The van der Waals surface area contributed by atoms with Crippen LogP contribution in [0.3, 0.4) is 0 Å².